The van der Waals surface area contributed by atoms with Gasteiger partial charge in [-0.05, 0) is 25.3 Å². The van der Waals surface area contributed by atoms with E-state index >= 15 is 0 Å². The first-order valence-corrected chi connectivity index (χ1v) is 6.66. The normalized spacial score (nSPS) is 21.4. The summed E-state index contributed by atoms with van der Waals surface area (Å²) in [6.45, 7) is 2.42. The standard InChI is InChI=1S/C13H24N4/c1-13(7-5-4-6-8-13)11(14-2)9-12-15-10-16-17(12)3/h10-11,14H,4-9H2,1-3H3. The Morgan fingerprint density at radius 3 is 2.65 bits per heavy atom. The number of nitrogens with one attached hydrogen (secondary N) is 1. The fourth-order valence-corrected chi connectivity index (χ4v) is 3.09. The maximum Gasteiger partial charge on any atom is 0.138 e. The van der Waals surface area contributed by atoms with Crippen LogP contribution in [0.3, 0.4) is 0 Å². The van der Waals surface area contributed by atoms with Crippen molar-refractivity contribution in [2.45, 2.75) is 51.5 Å². The molecule has 1 unspecified atom stereocenters. The summed E-state index contributed by atoms with van der Waals surface area (Å²) < 4.78 is 1.89. The molecule has 4 nitrogen and oxygen atoms in total. The van der Waals surface area contributed by atoms with Crippen LogP contribution in [0.1, 0.15) is 44.9 Å². The van der Waals surface area contributed by atoms with Crippen molar-refractivity contribution in [3.05, 3.63) is 12.2 Å². The number of hydrogen-bond acceptors (Lipinski definition) is 3. The Kier molecular flexibility index (Phi) is 3.82. The van der Waals surface area contributed by atoms with E-state index in [2.05, 4.69) is 29.4 Å². The van der Waals surface area contributed by atoms with E-state index in [1.807, 2.05) is 11.7 Å². The molecule has 1 heterocycles. The van der Waals surface area contributed by atoms with Crippen LogP contribution in [-0.4, -0.2) is 27.9 Å². The summed E-state index contributed by atoms with van der Waals surface area (Å²) in [4.78, 5) is 4.34. The van der Waals surface area contributed by atoms with Gasteiger partial charge in [0.2, 0.25) is 0 Å². The summed E-state index contributed by atoms with van der Waals surface area (Å²) in [7, 11) is 4.04. The molecular weight excluding hydrogens is 212 g/mol. The smallest absolute Gasteiger partial charge is 0.138 e. The predicted molar refractivity (Wildman–Crippen MR) is 68.7 cm³/mol. The lowest BCUT2D eigenvalue weighted by Gasteiger charge is -2.40. The Morgan fingerprint density at radius 2 is 2.12 bits per heavy atom. The molecule has 1 aromatic heterocycles. The highest BCUT2D eigenvalue weighted by Gasteiger charge is 2.35. The summed E-state index contributed by atoms with van der Waals surface area (Å²) in [6, 6.07) is 0.505. The molecule has 17 heavy (non-hydrogen) atoms. The van der Waals surface area contributed by atoms with Gasteiger partial charge in [-0.3, -0.25) is 4.68 Å². The van der Waals surface area contributed by atoms with Crippen LogP contribution in [-0.2, 0) is 13.5 Å². The zero-order valence-corrected chi connectivity index (χ0v) is 11.2. The summed E-state index contributed by atoms with van der Waals surface area (Å²) in [5, 5.41) is 7.65. The average molecular weight is 236 g/mol. The maximum atomic E-state index is 4.34. The van der Waals surface area contributed by atoms with Crippen molar-refractivity contribution in [2.75, 3.05) is 7.05 Å². The largest absolute Gasteiger partial charge is 0.316 e. The first-order chi connectivity index (χ1) is 8.15. The molecule has 1 N–H and O–H groups in total. The Morgan fingerprint density at radius 1 is 1.41 bits per heavy atom. The lowest BCUT2D eigenvalue weighted by atomic mass is 9.69. The Bertz CT molecular complexity index is 352. The van der Waals surface area contributed by atoms with Crippen LogP contribution in [0, 0.1) is 5.41 Å². The van der Waals surface area contributed by atoms with Gasteiger partial charge in [0.15, 0.2) is 0 Å². The molecule has 0 radical (unpaired) electrons. The number of aromatic nitrogens is 3. The van der Waals surface area contributed by atoms with Crippen LogP contribution in [0.25, 0.3) is 0 Å². The Balaban J connectivity index is 2.08. The van der Waals surface area contributed by atoms with E-state index in [-0.39, 0.29) is 0 Å². The summed E-state index contributed by atoms with van der Waals surface area (Å²) in [5.41, 5.74) is 0.416. The van der Waals surface area contributed by atoms with Gasteiger partial charge in [-0.15, -0.1) is 0 Å². The van der Waals surface area contributed by atoms with Crippen molar-refractivity contribution in [1.82, 2.24) is 20.1 Å². The summed E-state index contributed by atoms with van der Waals surface area (Å²) >= 11 is 0. The highest BCUT2D eigenvalue weighted by atomic mass is 15.3. The van der Waals surface area contributed by atoms with E-state index in [9.17, 15) is 0 Å². The van der Waals surface area contributed by atoms with Gasteiger partial charge in [-0.2, -0.15) is 5.10 Å². The Hall–Kier alpha value is -0.900. The maximum absolute atomic E-state index is 4.34. The third-order valence-corrected chi connectivity index (χ3v) is 4.38. The SMILES string of the molecule is CNC(Cc1ncnn1C)C1(C)CCCCC1. The van der Waals surface area contributed by atoms with Crippen molar-refractivity contribution in [1.29, 1.82) is 0 Å². The molecule has 0 spiro atoms. The second-order valence-electron chi connectivity index (χ2n) is 5.56. The molecule has 1 aromatic rings. The Labute approximate surface area is 104 Å². The van der Waals surface area contributed by atoms with E-state index in [1.165, 1.54) is 32.1 Å². The highest BCUT2D eigenvalue weighted by molar-refractivity contribution is 4.97. The van der Waals surface area contributed by atoms with Crippen molar-refractivity contribution < 1.29 is 0 Å². The van der Waals surface area contributed by atoms with Gasteiger partial charge in [0.05, 0.1) is 0 Å². The van der Waals surface area contributed by atoms with Gasteiger partial charge < -0.3 is 5.32 Å². The molecule has 1 fully saturated rings. The second kappa shape index (κ2) is 5.17. The lowest BCUT2D eigenvalue weighted by Crippen LogP contribution is -2.45. The highest BCUT2D eigenvalue weighted by Crippen LogP contribution is 2.39. The molecule has 0 aromatic carbocycles. The molecule has 1 aliphatic carbocycles. The number of aryl methyl sites for hydroxylation is 1. The van der Waals surface area contributed by atoms with Crippen molar-refractivity contribution in [2.24, 2.45) is 12.5 Å². The van der Waals surface area contributed by atoms with E-state index in [1.54, 1.807) is 6.33 Å². The summed E-state index contributed by atoms with van der Waals surface area (Å²) in [6.07, 6.45) is 9.42. The monoisotopic (exact) mass is 236 g/mol. The minimum Gasteiger partial charge on any atom is -0.316 e. The van der Waals surface area contributed by atoms with Crippen LogP contribution >= 0.6 is 0 Å². The number of rotatable bonds is 4. The predicted octanol–water partition coefficient (Wildman–Crippen LogP) is 1.92. The topological polar surface area (TPSA) is 42.7 Å². The molecule has 96 valence electrons. The fraction of sp³-hybridized carbons (Fsp3) is 0.846. The van der Waals surface area contributed by atoms with Crippen LogP contribution in [0.2, 0.25) is 0 Å². The fourth-order valence-electron chi connectivity index (χ4n) is 3.09. The van der Waals surface area contributed by atoms with Crippen molar-refractivity contribution >= 4 is 0 Å². The zero-order chi connectivity index (χ0) is 12.3. The van der Waals surface area contributed by atoms with E-state index in [4.69, 9.17) is 0 Å². The molecule has 1 saturated carbocycles. The van der Waals surface area contributed by atoms with Gasteiger partial charge >= 0.3 is 0 Å². The van der Waals surface area contributed by atoms with Crippen LogP contribution in [0.15, 0.2) is 6.33 Å². The van der Waals surface area contributed by atoms with Crippen molar-refractivity contribution in [3.8, 4) is 0 Å². The van der Waals surface area contributed by atoms with Crippen molar-refractivity contribution in [3.63, 3.8) is 0 Å². The third-order valence-electron chi connectivity index (χ3n) is 4.38. The molecule has 2 rings (SSSR count). The van der Waals surface area contributed by atoms with E-state index < -0.39 is 0 Å². The van der Waals surface area contributed by atoms with Gasteiger partial charge in [-0.25, -0.2) is 4.98 Å². The van der Waals surface area contributed by atoms with Gasteiger partial charge in [0.1, 0.15) is 12.2 Å². The molecule has 0 bridgehead atoms. The van der Waals surface area contributed by atoms with Crippen LogP contribution in [0.5, 0.6) is 0 Å². The van der Waals surface area contributed by atoms with Gasteiger partial charge in [0, 0.05) is 19.5 Å². The minimum absolute atomic E-state index is 0.416. The van der Waals surface area contributed by atoms with E-state index in [0.29, 0.717) is 11.5 Å². The molecule has 0 saturated heterocycles. The third kappa shape index (κ3) is 2.68. The molecule has 0 aliphatic heterocycles. The first-order valence-electron chi connectivity index (χ1n) is 6.66. The quantitative estimate of drug-likeness (QED) is 0.868. The zero-order valence-electron chi connectivity index (χ0n) is 11.2. The molecule has 1 atom stereocenters. The average Bonchev–Trinajstić information content (AvgIpc) is 2.72. The minimum atomic E-state index is 0.416. The van der Waals surface area contributed by atoms with Crippen LogP contribution in [0.4, 0.5) is 0 Å². The van der Waals surface area contributed by atoms with E-state index in [0.717, 1.165) is 12.2 Å². The summed E-state index contributed by atoms with van der Waals surface area (Å²) in [5.74, 6) is 1.08. The second-order valence-corrected chi connectivity index (χ2v) is 5.56. The number of likely N-dealkylation sites (N-methyl/N-ethyl adjacent to an activating group) is 1. The lowest BCUT2D eigenvalue weighted by molar-refractivity contribution is 0.147. The number of hydrogen-bond donors (Lipinski definition) is 1. The molecule has 4 heteroatoms. The first kappa shape index (κ1) is 12.6. The molecular formula is C13H24N4. The van der Waals surface area contributed by atoms with Gasteiger partial charge in [0.25, 0.3) is 0 Å². The van der Waals surface area contributed by atoms with Gasteiger partial charge in [-0.1, -0.05) is 26.2 Å². The molecule has 0 amide bonds. The molecule has 1 aliphatic rings. The van der Waals surface area contributed by atoms with Crippen LogP contribution < -0.4 is 5.32 Å². The number of nitrogens with zero attached hydrogens (tertiary/aromatic N) is 3.